The van der Waals surface area contributed by atoms with Crippen LogP contribution >= 0.6 is 22.9 Å². The lowest BCUT2D eigenvalue weighted by atomic mass is 9.99. The minimum absolute atomic E-state index is 0.132. The van der Waals surface area contributed by atoms with E-state index in [1.54, 1.807) is 20.9 Å². The number of halogens is 1. The predicted molar refractivity (Wildman–Crippen MR) is 74.8 cm³/mol. The Kier molecular flexibility index (Phi) is 4.63. The van der Waals surface area contributed by atoms with Gasteiger partial charge in [0.2, 0.25) is 0 Å². The molecule has 3 nitrogen and oxygen atoms in total. The molecule has 98 valence electrons. The van der Waals surface area contributed by atoms with E-state index < -0.39 is 14.6 Å². The summed E-state index contributed by atoms with van der Waals surface area (Å²) in [4.78, 5) is 1.09. The molecule has 1 N–H and O–H groups in total. The highest BCUT2D eigenvalue weighted by atomic mass is 35.5. The first-order chi connectivity index (χ1) is 7.68. The number of thiophene rings is 1. The minimum atomic E-state index is -3.12. The highest BCUT2D eigenvalue weighted by Gasteiger charge is 2.38. The van der Waals surface area contributed by atoms with Crippen molar-refractivity contribution in [1.82, 2.24) is 5.32 Å². The molecule has 17 heavy (non-hydrogen) atoms. The molecule has 1 rings (SSSR count). The van der Waals surface area contributed by atoms with Crippen molar-refractivity contribution in [1.29, 1.82) is 0 Å². The molecule has 0 fully saturated rings. The van der Waals surface area contributed by atoms with Crippen LogP contribution in [0, 0.1) is 0 Å². The predicted octanol–water partition coefficient (Wildman–Crippen LogP) is 2.36. The Labute approximate surface area is 112 Å². The summed E-state index contributed by atoms with van der Waals surface area (Å²) in [5.41, 5.74) is 0. The van der Waals surface area contributed by atoms with E-state index in [0.717, 1.165) is 9.21 Å². The van der Waals surface area contributed by atoms with Gasteiger partial charge in [0.15, 0.2) is 9.84 Å². The second-order valence-corrected chi connectivity index (χ2v) is 9.02. The van der Waals surface area contributed by atoms with Gasteiger partial charge in [0.05, 0.1) is 9.08 Å². The zero-order chi connectivity index (χ0) is 13.3. The van der Waals surface area contributed by atoms with Crippen molar-refractivity contribution in [2.45, 2.75) is 31.1 Å². The van der Waals surface area contributed by atoms with Crippen molar-refractivity contribution in [2.75, 3.05) is 13.3 Å². The molecule has 0 bridgehead atoms. The fourth-order valence-electron chi connectivity index (χ4n) is 1.62. The van der Waals surface area contributed by atoms with Crippen molar-refractivity contribution >= 4 is 32.8 Å². The molecular formula is C11H18ClNO2S2. The van der Waals surface area contributed by atoms with Crippen LogP contribution in [-0.2, 0) is 16.3 Å². The fourth-order valence-corrected chi connectivity index (χ4v) is 3.47. The maximum absolute atomic E-state index is 11.8. The number of sulfone groups is 1. The van der Waals surface area contributed by atoms with Gasteiger partial charge in [-0.25, -0.2) is 8.42 Å². The molecule has 0 aliphatic rings. The first-order valence-electron chi connectivity index (χ1n) is 5.29. The van der Waals surface area contributed by atoms with E-state index in [4.69, 9.17) is 11.6 Å². The monoisotopic (exact) mass is 295 g/mol. The molecule has 1 heterocycles. The van der Waals surface area contributed by atoms with Crippen LogP contribution in [0.1, 0.15) is 18.7 Å². The van der Waals surface area contributed by atoms with Gasteiger partial charge >= 0.3 is 0 Å². The summed E-state index contributed by atoms with van der Waals surface area (Å²) in [6.45, 7) is 3.50. The molecule has 0 saturated carbocycles. The maximum Gasteiger partial charge on any atom is 0.154 e. The van der Waals surface area contributed by atoms with Crippen molar-refractivity contribution in [2.24, 2.45) is 0 Å². The first kappa shape index (κ1) is 15.0. The Bertz CT molecular complexity index is 479. The van der Waals surface area contributed by atoms with Crippen LogP contribution in [0.15, 0.2) is 12.1 Å². The summed E-state index contributed by atoms with van der Waals surface area (Å²) in [5.74, 6) is 0. The second kappa shape index (κ2) is 5.26. The van der Waals surface area contributed by atoms with E-state index in [0.29, 0.717) is 6.42 Å². The van der Waals surface area contributed by atoms with Gasteiger partial charge in [0.25, 0.3) is 0 Å². The zero-order valence-corrected chi connectivity index (χ0v) is 12.8. The van der Waals surface area contributed by atoms with E-state index in [1.807, 2.05) is 12.1 Å². The molecule has 0 amide bonds. The summed E-state index contributed by atoms with van der Waals surface area (Å²) < 4.78 is 23.5. The van der Waals surface area contributed by atoms with Gasteiger partial charge in [-0.1, -0.05) is 11.6 Å². The smallest absolute Gasteiger partial charge is 0.154 e. The SMILES string of the molecule is CNC(Cc1ccc(Cl)s1)C(C)(C)S(C)(=O)=O. The normalized spacial score (nSPS) is 14.9. The Morgan fingerprint density at radius 1 is 1.47 bits per heavy atom. The summed E-state index contributed by atoms with van der Waals surface area (Å²) >= 11 is 7.36. The maximum atomic E-state index is 11.8. The molecule has 0 aliphatic carbocycles. The molecular weight excluding hydrogens is 278 g/mol. The lowest BCUT2D eigenvalue weighted by molar-refractivity contribution is 0.432. The van der Waals surface area contributed by atoms with E-state index in [9.17, 15) is 8.42 Å². The van der Waals surface area contributed by atoms with Crippen molar-refractivity contribution in [3.05, 3.63) is 21.3 Å². The Morgan fingerprint density at radius 2 is 2.06 bits per heavy atom. The first-order valence-corrected chi connectivity index (χ1v) is 8.38. The van der Waals surface area contributed by atoms with Gasteiger partial charge in [0, 0.05) is 17.2 Å². The third-order valence-corrected chi connectivity index (χ3v) is 6.63. The third-order valence-electron chi connectivity index (χ3n) is 3.18. The summed E-state index contributed by atoms with van der Waals surface area (Å²) in [6.07, 6.45) is 1.94. The molecule has 0 radical (unpaired) electrons. The minimum Gasteiger partial charge on any atom is -0.315 e. The molecule has 6 heteroatoms. The van der Waals surface area contributed by atoms with Gasteiger partial charge in [-0.15, -0.1) is 11.3 Å². The standard InChI is InChI=1S/C11H18ClNO2S2/c1-11(2,17(4,14)15)9(13-3)7-8-5-6-10(12)16-8/h5-6,9,13H,7H2,1-4H3. The Morgan fingerprint density at radius 3 is 2.41 bits per heavy atom. The molecule has 1 atom stereocenters. The van der Waals surface area contributed by atoms with Crippen molar-refractivity contribution in [3.63, 3.8) is 0 Å². The van der Waals surface area contributed by atoms with E-state index >= 15 is 0 Å². The average molecular weight is 296 g/mol. The van der Waals surface area contributed by atoms with Crippen molar-refractivity contribution < 1.29 is 8.42 Å². The van der Waals surface area contributed by atoms with Gasteiger partial charge in [0.1, 0.15) is 0 Å². The van der Waals surface area contributed by atoms with Crippen LogP contribution in [0.5, 0.6) is 0 Å². The van der Waals surface area contributed by atoms with Crippen LogP contribution in [0.4, 0.5) is 0 Å². The lowest BCUT2D eigenvalue weighted by Crippen LogP contribution is -2.51. The lowest BCUT2D eigenvalue weighted by Gasteiger charge is -2.32. The van der Waals surface area contributed by atoms with Gasteiger partial charge < -0.3 is 5.32 Å². The van der Waals surface area contributed by atoms with Crippen LogP contribution in [-0.4, -0.2) is 32.5 Å². The van der Waals surface area contributed by atoms with E-state index in [2.05, 4.69) is 5.32 Å². The second-order valence-electron chi connectivity index (χ2n) is 4.63. The Balaban J connectivity index is 2.93. The number of likely N-dealkylation sites (N-methyl/N-ethyl adjacent to an activating group) is 1. The topological polar surface area (TPSA) is 46.2 Å². The number of rotatable bonds is 5. The molecule has 0 saturated heterocycles. The highest BCUT2D eigenvalue weighted by molar-refractivity contribution is 7.92. The molecule has 0 aromatic carbocycles. The summed E-state index contributed by atoms with van der Waals surface area (Å²) in [7, 11) is -1.33. The van der Waals surface area contributed by atoms with Crippen LogP contribution < -0.4 is 5.32 Å². The molecule has 0 spiro atoms. The van der Waals surface area contributed by atoms with Crippen LogP contribution in [0.3, 0.4) is 0 Å². The zero-order valence-electron chi connectivity index (χ0n) is 10.5. The van der Waals surface area contributed by atoms with Crippen LogP contribution in [0.2, 0.25) is 4.34 Å². The highest BCUT2D eigenvalue weighted by Crippen LogP contribution is 2.27. The average Bonchev–Trinajstić information content (AvgIpc) is 2.58. The molecule has 1 aromatic heterocycles. The summed E-state index contributed by atoms with van der Waals surface area (Å²) in [5, 5.41) is 3.09. The Hall–Kier alpha value is -0.100. The number of nitrogens with one attached hydrogen (secondary N) is 1. The number of hydrogen-bond acceptors (Lipinski definition) is 4. The van der Waals surface area contributed by atoms with Gasteiger partial charge in [-0.2, -0.15) is 0 Å². The summed E-state index contributed by atoms with van der Waals surface area (Å²) in [6, 6.07) is 3.64. The third kappa shape index (κ3) is 3.44. The quantitative estimate of drug-likeness (QED) is 0.907. The van der Waals surface area contributed by atoms with Gasteiger partial charge in [-0.05, 0) is 39.4 Å². The molecule has 1 unspecified atom stereocenters. The largest absolute Gasteiger partial charge is 0.315 e. The van der Waals surface area contributed by atoms with E-state index in [1.165, 1.54) is 17.6 Å². The van der Waals surface area contributed by atoms with Gasteiger partial charge in [-0.3, -0.25) is 0 Å². The van der Waals surface area contributed by atoms with Crippen molar-refractivity contribution in [3.8, 4) is 0 Å². The molecule has 1 aromatic rings. The number of hydrogen-bond donors (Lipinski definition) is 1. The van der Waals surface area contributed by atoms with Crippen LogP contribution in [0.25, 0.3) is 0 Å². The molecule has 0 aliphatic heterocycles. The fraction of sp³-hybridized carbons (Fsp3) is 0.636. The van der Waals surface area contributed by atoms with E-state index in [-0.39, 0.29) is 6.04 Å².